The van der Waals surface area contributed by atoms with Gasteiger partial charge in [0.1, 0.15) is 12.3 Å². The maximum Gasteiger partial charge on any atom is 0.417 e. The fourth-order valence-electron chi connectivity index (χ4n) is 3.36. The molecule has 1 N–H and O–H groups in total. The zero-order valence-electron chi connectivity index (χ0n) is 15.2. The monoisotopic (exact) mass is 397 g/mol. The molecule has 0 bridgehead atoms. The van der Waals surface area contributed by atoms with Crippen molar-refractivity contribution in [1.29, 1.82) is 0 Å². The molecule has 0 aromatic carbocycles. The van der Waals surface area contributed by atoms with Crippen LogP contribution in [-0.4, -0.2) is 35.0 Å². The number of nitrogens with one attached hydrogen (secondary N) is 1. The van der Waals surface area contributed by atoms with Crippen molar-refractivity contribution in [2.45, 2.75) is 38.0 Å². The highest BCUT2D eigenvalue weighted by Crippen LogP contribution is 2.28. The molecule has 1 atom stereocenters. The van der Waals surface area contributed by atoms with E-state index >= 15 is 0 Å². The Morgan fingerprint density at radius 2 is 1.93 bits per heavy atom. The molecule has 6 nitrogen and oxygen atoms in total. The minimum atomic E-state index is -4.58. The van der Waals surface area contributed by atoms with Gasteiger partial charge < -0.3 is 14.3 Å². The van der Waals surface area contributed by atoms with Crippen LogP contribution in [0.2, 0.25) is 0 Å². The van der Waals surface area contributed by atoms with Crippen LogP contribution < -0.4 is 10.9 Å². The highest BCUT2D eigenvalue weighted by atomic mass is 19.4. The molecule has 3 rings (SSSR count). The third-order valence-electron chi connectivity index (χ3n) is 4.82. The Kier molecular flexibility index (Phi) is 6.23. The molecule has 1 unspecified atom stereocenters. The topological polar surface area (TPSA) is 67.5 Å². The molecule has 1 amide bonds. The van der Waals surface area contributed by atoms with Crippen molar-refractivity contribution in [3.63, 3.8) is 0 Å². The van der Waals surface area contributed by atoms with Crippen molar-refractivity contribution >= 4 is 5.91 Å². The Hall–Kier alpha value is -2.55. The standard InChI is InChI=1S/C19H22F3N3O3/c20-19(21,22)14-6-7-18(27)25(12-14)13-17(26)23-11-15(16-5-4-10-28-16)24-8-2-1-3-9-24/h4-7,10,12,15H,1-3,8-9,11,13H2,(H,23,26). The summed E-state index contributed by atoms with van der Waals surface area (Å²) in [5, 5.41) is 2.72. The zero-order chi connectivity index (χ0) is 20.1. The zero-order valence-corrected chi connectivity index (χ0v) is 15.2. The predicted molar refractivity (Wildman–Crippen MR) is 95.6 cm³/mol. The second-order valence-electron chi connectivity index (χ2n) is 6.81. The van der Waals surface area contributed by atoms with Gasteiger partial charge in [0.15, 0.2) is 0 Å². The lowest BCUT2D eigenvalue weighted by Crippen LogP contribution is -2.41. The Balaban J connectivity index is 1.66. The van der Waals surface area contributed by atoms with Crippen LogP contribution in [0.4, 0.5) is 13.2 Å². The van der Waals surface area contributed by atoms with E-state index in [2.05, 4.69) is 10.2 Å². The van der Waals surface area contributed by atoms with Crippen molar-refractivity contribution in [3.05, 3.63) is 58.4 Å². The molecule has 0 aliphatic carbocycles. The van der Waals surface area contributed by atoms with E-state index in [1.807, 2.05) is 6.07 Å². The van der Waals surface area contributed by atoms with E-state index in [1.165, 1.54) is 0 Å². The van der Waals surface area contributed by atoms with Crippen molar-refractivity contribution in [3.8, 4) is 0 Å². The fourth-order valence-corrected chi connectivity index (χ4v) is 3.36. The molecule has 9 heteroatoms. The number of nitrogens with zero attached hydrogens (tertiary/aromatic N) is 2. The maximum absolute atomic E-state index is 12.8. The number of rotatable bonds is 6. The van der Waals surface area contributed by atoms with Gasteiger partial charge in [-0.1, -0.05) is 6.42 Å². The molecule has 1 fully saturated rings. The molecular weight excluding hydrogens is 375 g/mol. The number of furan rings is 1. The Morgan fingerprint density at radius 3 is 2.57 bits per heavy atom. The largest absolute Gasteiger partial charge is 0.468 e. The number of pyridine rings is 1. The first-order chi connectivity index (χ1) is 13.3. The van der Waals surface area contributed by atoms with Crippen molar-refractivity contribution in [2.24, 2.45) is 0 Å². The number of aromatic nitrogens is 1. The molecule has 0 spiro atoms. The summed E-state index contributed by atoms with van der Waals surface area (Å²) in [5.74, 6) is 0.188. The van der Waals surface area contributed by atoms with Gasteiger partial charge in [-0.15, -0.1) is 0 Å². The van der Waals surface area contributed by atoms with Crippen LogP contribution in [0.25, 0.3) is 0 Å². The number of alkyl halides is 3. The van der Waals surface area contributed by atoms with E-state index in [-0.39, 0.29) is 12.6 Å². The van der Waals surface area contributed by atoms with Gasteiger partial charge in [-0.25, -0.2) is 0 Å². The third-order valence-corrected chi connectivity index (χ3v) is 4.82. The van der Waals surface area contributed by atoms with Crippen molar-refractivity contribution in [2.75, 3.05) is 19.6 Å². The van der Waals surface area contributed by atoms with E-state index < -0.39 is 29.8 Å². The first-order valence-corrected chi connectivity index (χ1v) is 9.16. The van der Waals surface area contributed by atoms with Crippen molar-refractivity contribution in [1.82, 2.24) is 14.8 Å². The normalized spacial score (nSPS) is 16.7. The van der Waals surface area contributed by atoms with Crippen LogP contribution in [0.15, 0.2) is 45.9 Å². The summed E-state index contributed by atoms with van der Waals surface area (Å²) in [6.45, 7) is 1.54. The van der Waals surface area contributed by atoms with Gasteiger partial charge in [0.25, 0.3) is 5.56 Å². The second-order valence-corrected chi connectivity index (χ2v) is 6.81. The number of hydrogen-bond donors (Lipinski definition) is 1. The fraction of sp³-hybridized carbons (Fsp3) is 0.474. The predicted octanol–water partition coefficient (Wildman–Crippen LogP) is 2.80. The first-order valence-electron chi connectivity index (χ1n) is 9.16. The third kappa shape index (κ3) is 5.03. The smallest absolute Gasteiger partial charge is 0.417 e. The summed E-state index contributed by atoms with van der Waals surface area (Å²) in [7, 11) is 0. The number of hydrogen-bond acceptors (Lipinski definition) is 4. The summed E-state index contributed by atoms with van der Waals surface area (Å²) in [5.41, 5.74) is -1.64. The van der Waals surface area contributed by atoms with Crippen LogP contribution >= 0.6 is 0 Å². The minimum absolute atomic E-state index is 0.155. The summed E-state index contributed by atoms with van der Waals surface area (Å²) < 4.78 is 44.7. The number of likely N-dealkylation sites (tertiary alicyclic amines) is 1. The number of amides is 1. The van der Waals surface area contributed by atoms with Crippen LogP contribution in [0, 0.1) is 0 Å². The van der Waals surface area contributed by atoms with E-state index in [9.17, 15) is 22.8 Å². The van der Waals surface area contributed by atoms with E-state index in [4.69, 9.17) is 4.42 Å². The summed E-state index contributed by atoms with van der Waals surface area (Å²) >= 11 is 0. The Bertz CT molecular complexity index is 840. The number of carbonyl (C=O) groups is 1. The Morgan fingerprint density at radius 1 is 1.18 bits per heavy atom. The van der Waals surface area contributed by atoms with Crippen LogP contribution in [0.1, 0.15) is 36.6 Å². The lowest BCUT2D eigenvalue weighted by molar-refractivity contribution is -0.138. The van der Waals surface area contributed by atoms with Gasteiger partial charge in [-0.3, -0.25) is 14.5 Å². The van der Waals surface area contributed by atoms with Gasteiger partial charge in [0, 0.05) is 18.8 Å². The molecule has 3 heterocycles. The number of piperidine rings is 1. The Labute approximate surface area is 159 Å². The quantitative estimate of drug-likeness (QED) is 0.814. The van der Waals surface area contributed by atoms with Crippen LogP contribution in [0.3, 0.4) is 0 Å². The van der Waals surface area contributed by atoms with Gasteiger partial charge in [0.2, 0.25) is 5.91 Å². The summed E-state index contributed by atoms with van der Waals surface area (Å²) in [6.07, 6.45) is 0.930. The average molecular weight is 397 g/mol. The molecular formula is C19H22F3N3O3. The number of halogens is 3. The van der Waals surface area contributed by atoms with E-state index in [1.54, 1.807) is 12.3 Å². The molecule has 0 radical (unpaired) electrons. The molecule has 1 saturated heterocycles. The average Bonchev–Trinajstić information content (AvgIpc) is 3.18. The van der Waals surface area contributed by atoms with Gasteiger partial charge in [0.05, 0.1) is 17.9 Å². The van der Waals surface area contributed by atoms with Crippen LogP contribution in [-0.2, 0) is 17.5 Å². The lowest BCUT2D eigenvalue weighted by atomic mass is 10.1. The van der Waals surface area contributed by atoms with Crippen LogP contribution in [0.5, 0.6) is 0 Å². The highest BCUT2D eigenvalue weighted by molar-refractivity contribution is 5.75. The minimum Gasteiger partial charge on any atom is -0.468 e. The number of carbonyl (C=O) groups excluding carboxylic acids is 1. The lowest BCUT2D eigenvalue weighted by Gasteiger charge is -2.33. The molecule has 152 valence electrons. The molecule has 1 aliphatic heterocycles. The van der Waals surface area contributed by atoms with E-state index in [0.29, 0.717) is 12.3 Å². The molecule has 1 aliphatic rings. The molecule has 0 saturated carbocycles. The molecule has 2 aromatic heterocycles. The highest BCUT2D eigenvalue weighted by Gasteiger charge is 2.31. The first kappa shape index (κ1) is 20.2. The second kappa shape index (κ2) is 8.64. The van der Waals surface area contributed by atoms with Crippen molar-refractivity contribution < 1.29 is 22.4 Å². The molecule has 2 aromatic rings. The maximum atomic E-state index is 12.8. The SMILES string of the molecule is O=C(Cn1cc(C(F)(F)F)ccc1=O)NCC(c1ccco1)N1CCCCC1. The van der Waals surface area contributed by atoms with E-state index in [0.717, 1.165) is 48.7 Å². The van der Waals surface area contributed by atoms with Gasteiger partial charge >= 0.3 is 6.18 Å². The summed E-state index contributed by atoms with van der Waals surface area (Å²) in [4.78, 5) is 26.3. The van der Waals surface area contributed by atoms with Gasteiger partial charge in [-0.2, -0.15) is 13.2 Å². The summed E-state index contributed by atoms with van der Waals surface area (Å²) in [6, 6.07) is 4.98. The van der Waals surface area contributed by atoms with Gasteiger partial charge in [-0.05, 0) is 44.1 Å². The molecule has 28 heavy (non-hydrogen) atoms.